The molecule has 23 heavy (non-hydrogen) atoms. The van der Waals surface area contributed by atoms with Crippen molar-refractivity contribution in [1.29, 1.82) is 0 Å². The summed E-state index contributed by atoms with van der Waals surface area (Å²) in [6.07, 6.45) is 5.12. The second kappa shape index (κ2) is 8.92. The van der Waals surface area contributed by atoms with E-state index >= 15 is 0 Å². The highest BCUT2D eigenvalue weighted by molar-refractivity contribution is 7.84. The van der Waals surface area contributed by atoms with E-state index in [1.54, 1.807) is 6.08 Å². The molecule has 1 aliphatic heterocycles. The minimum absolute atomic E-state index is 0.0411. The molecule has 0 aromatic heterocycles. The third-order valence-corrected chi connectivity index (χ3v) is 5.21. The fourth-order valence-electron chi connectivity index (χ4n) is 2.09. The topological polar surface area (TPSA) is 73.9 Å². The van der Waals surface area contributed by atoms with Gasteiger partial charge in [0, 0.05) is 18.5 Å². The van der Waals surface area contributed by atoms with Crippen LogP contribution in [0.3, 0.4) is 0 Å². The van der Waals surface area contributed by atoms with Gasteiger partial charge in [0.05, 0.1) is 36.1 Å². The van der Waals surface area contributed by atoms with Crippen molar-refractivity contribution < 1.29 is 23.2 Å². The summed E-state index contributed by atoms with van der Waals surface area (Å²) in [7, 11) is 0.158. The van der Waals surface area contributed by atoms with Gasteiger partial charge in [-0.15, -0.1) is 0 Å². The first-order valence-corrected chi connectivity index (χ1v) is 9.02. The van der Waals surface area contributed by atoms with E-state index in [1.807, 2.05) is 27.7 Å². The third kappa shape index (κ3) is 7.56. The Hall–Kier alpha value is -0.760. The number of nitrogens with one attached hydrogen (secondary N) is 1. The van der Waals surface area contributed by atoms with Crippen LogP contribution in [0.5, 0.6) is 0 Å². The molecule has 6 nitrogen and oxygen atoms in total. The van der Waals surface area contributed by atoms with Crippen LogP contribution in [0, 0.1) is 0 Å². The van der Waals surface area contributed by atoms with Crippen LogP contribution in [0.2, 0.25) is 0 Å². The fourth-order valence-corrected chi connectivity index (χ4v) is 2.96. The van der Waals surface area contributed by atoms with Crippen LogP contribution in [0.15, 0.2) is 12.2 Å². The second-order valence-electron chi connectivity index (χ2n) is 6.73. The van der Waals surface area contributed by atoms with Crippen LogP contribution in [0.4, 0.5) is 0 Å². The van der Waals surface area contributed by atoms with Crippen molar-refractivity contribution >= 4 is 17.0 Å². The molecule has 0 saturated carbocycles. The monoisotopic (exact) mass is 347 g/mol. The van der Waals surface area contributed by atoms with Crippen LogP contribution in [0.25, 0.3) is 0 Å². The van der Waals surface area contributed by atoms with Crippen molar-refractivity contribution in [3.63, 3.8) is 0 Å². The molecule has 0 aliphatic carbocycles. The number of ether oxygens (including phenoxy) is 3. The molecule has 1 aliphatic rings. The lowest BCUT2D eigenvalue weighted by molar-refractivity contribution is -0.148. The third-order valence-electron chi connectivity index (χ3n) is 3.55. The Labute approximate surface area is 141 Å². The van der Waals surface area contributed by atoms with Crippen molar-refractivity contribution in [2.45, 2.75) is 63.5 Å². The number of carbonyl (C=O) groups excluding carboxylic acids is 1. The van der Waals surface area contributed by atoms with Crippen molar-refractivity contribution in [3.8, 4) is 0 Å². The number of methoxy groups -OCH3 is 1. The Balaban J connectivity index is 2.61. The van der Waals surface area contributed by atoms with Crippen molar-refractivity contribution in [2.24, 2.45) is 0 Å². The van der Waals surface area contributed by atoms with E-state index in [0.29, 0.717) is 26.1 Å². The molecule has 134 valence electrons. The summed E-state index contributed by atoms with van der Waals surface area (Å²) >= 11 is 0. The van der Waals surface area contributed by atoms with Gasteiger partial charge in [0.15, 0.2) is 5.79 Å². The molecular formula is C16H29NO5S. The summed E-state index contributed by atoms with van der Waals surface area (Å²) in [5, 5.41) is 0. The maximum atomic E-state index is 12.3. The van der Waals surface area contributed by atoms with Gasteiger partial charge in [-0.3, -0.25) is 0 Å². The predicted octanol–water partition coefficient (Wildman–Crippen LogP) is 2.07. The second-order valence-corrected chi connectivity index (χ2v) is 8.72. The van der Waals surface area contributed by atoms with E-state index in [9.17, 15) is 9.00 Å². The summed E-state index contributed by atoms with van der Waals surface area (Å²) in [6.45, 7) is 8.88. The summed E-state index contributed by atoms with van der Waals surface area (Å²) in [6, 6.07) is -0.0411. The van der Waals surface area contributed by atoms with E-state index in [4.69, 9.17) is 9.47 Å². The van der Waals surface area contributed by atoms with Gasteiger partial charge in [0.1, 0.15) is 0 Å². The number of hydrogen-bond acceptors (Lipinski definition) is 5. The van der Waals surface area contributed by atoms with Crippen LogP contribution >= 0.6 is 0 Å². The highest BCUT2D eigenvalue weighted by atomic mass is 32.2. The summed E-state index contributed by atoms with van der Waals surface area (Å²) in [5.74, 6) is -0.968. The molecule has 0 amide bonds. The molecule has 1 N–H and O–H groups in total. The van der Waals surface area contributed by atoms with Crippen LogP contribution in [-0.4, -0.2) is 47.1 Å². The van der Waals surface area contributed by atoms with Crippen molar-refractivity contribution in [3.05, 3.63) is 12.2 Å². The zero-order chi connectivity index (χ0) is 17.5. The molecule has 1 heterocycles. The fraction of sp³-hybridized carbons (Fsp3) is 0.812. The molecule has 1 rings (SSSR count). The van der Waals surface area contributed by atoms with E-state index < -0.39 is 22.7 Å². The molecule has 0 spiro atoms. The first-order chi connectivity index (χ1) is 10.7. The minimum atomic E-state index is -1.18. The maximum absolute atomic E-state index is 12.3. The summed E-state index contributed by atoms with van der Waals surface area (Å²) < 4.78 is 30.9. The molecule has 1 saturated heterocycles. The van der Waals surface area contributed by atoms with Crippen LogP contribution < -0.4 is 4.72 Å². The predicted molar refractivity (Wildman–Crippen MR) is 90.1 cm³/mol. The van der Waals surface area contributed by atoms with E-state index in [0.717, 1.165) is 6.42 Å². The number of rotatable bonds is 8. The zero-order valence-corrected chi connectivity index (χ0v) is 15.5. The Morgan fingerprint density at radius 3 is 2.52 bits per heavy atom. The Morgan fingerprint density at radius 2 is 2.00 bits per heavy atom. The van der Waals surface area contributed by atoms with Crippen molar-refractivity contribution in [1.82, 2.24) is 4.72 Å². The molecule has 0 aromatic carbocycles. The summed E-state index contributed by atoms with van der Waals surface area (Å²) in [5.41, 5.74) is 0. The zero-order valence-electron chi connectivity index (χ0n) is 14.7. The van der Waals surface area contributed by atoms with Gasteiger partial charge in [-0.05, 0) is 40.5 Å². The molecule has 1 unspecified atom stereocenters. The SMILES string of the molecule is COC(=O)/C=C/C[C@H](CCC1(C)OCCO1)NS(=O)C(C)(C)C. The van der Waals surface area contributed by atoms with Gasteiger partial charge in [-0.1, -0.05) is 6.08 Å². The number of esters is 1. The van der Waals surface area contributed by atoms with Gasteiger partial charge in [0.2, 0.25) is 0 Å². The quantitative estimate of drug-likeness (QED) is 0.537. The Kier molecular flexibility index (Phi) is 7.86. The van der Waals surface area contributed by atoms with E-state index in [1.165, 1.54) is 13.2 Å². The first kappa shape index (κ1) is 20.3. The molecule has 2 atom stereocenters. The standard InChI is InChI=1S/C16H29NO5S/c1-15(2,3)23(19)17-13(7-6-8-14(18)20-5)9-10-16(4)21-11-12-22-16/h6,8,13,17H,7,9-12H2,1-5H3/b8-6+/t13-,23?/m1/s1. The van der Waals surface area contributed by atoms with Gasteiger partial charge >= 0.3 is 5.97 Å². The highest BCUT2D eigenvalue weighted by Gasteiger charge is 2.32. The Bertz CT molecular complexity index is 438. The van der Waals surface area contributed by atoms with Crippen LogP contribution in [0.1, 0.15) is 47.0 Å². The largest absolute Gasteiger partial charge is 0.466 e. The lowest BCUT2D eigenvalue weighted by Gasteiger charge is -2.27. The maximum Gasteiger partial charge on any atom is 0.330 e. The normalized spacial score (nSPS) is 20.6. The number of hydrogen-bond donors (Lipinski definition) is 1. The first-order valence-electron chi connectivity index (χ1n) is 7.87. The van der Waals surface area contributed by atoms with E-state index in [2.05, 4.69) is 9.46 Å². The average Bonchev–Trinajstić information content (AvgIpc) is 2.90. The number of carbonyl (C=O) groups is 1. The molecule has 0 aromatic rings. The molecular weight excluding hydrogens is 318 g/mol. The van der Waals surface area contributed by atoms with Crippen molar-refractivity contribution in [2.75, 3.05) is 20.3 Å². The highest BCUT2D eigenvalue weighted by Crippen LogP contribution is 2.25. The molecule has 0 radical (unpaired) electrons. The molecule has 0 bridgehead atoms. The summed E-state index contributed by atoms with van der Waals surface area (Å²) in [4.78, 5) is 11.2. The van der Waals surface area contributed by atoms with E-state index in [-0.39, 0.29) is 10.8 Å². The molecule has 7 heteroatoms. The van der Waals surface area contributed by atoms with Gasteiger partial charge in [-0.2, -0.15) is 0 Å². The van der Waals surface area contributed by atoms with Gasteiger partial charge < -0.3 is 14.2 Å². The lowest BCUT2D eigenvalue weighted by atomic mass is 10.0. The minimum Gasteiger partial charge on any atom is -0.466 e. The van der Waals surface area contributed by atoms with Gasteiger partial charge in [-0.25, -0.2) is 13.7 Å². The average molecular weight is 347 g/mol. The van der Waals surface area contributed by atoms with Gasteiger partial charge in [0.25, 0.3) is 0 Å². The smallest absolute Gasteiger partial charge is 0.330 e. The molecule has 1 fully saturated rings. The lowest BCUT2D eigenvalue weighted by Crippen LogP contribution is -2.40. The van der Waals surface area contributed by atoms with Crippen LogP contribution in [-0.2, 0) is 30.0 Å². The Morgan fingerprint density at radius 1 is 1.39 bits per heavy atom.